The molecule has 1 aliphatic carbocycles. The summed E-state index contributed by atoms with van der Waals surface area (Å²) in [6, 6.07) is 7.65. The predicted molar refractivity (Wildman–Crippen MR) is 73.0 cm³/mol. The van der Waals surface area contributed by atoms with Crippen LogP contribution in [0.3, 0.4) is 0 Å². The maximum absolute atomic E-state index is 6.11. The fourth-order valence-corrected chi connectivity index (χ4v) is 2.31. The Kier molecular flexibility index (Phi) is 3.08. The molecule has 2 nitrogen and oxygen atoms in total. The minimum absolute atomic E-state index is 0.329. The summed E-state index contributed by atoms with van der Waals surface area (Å²) in [6.45, 7) is 2.03. The SMILES string of the molecule is CC1(c2cccc(Cl)c2)C=CC(N)(N)C(Cl)=C1. The van der Waals surface area contributed by atoms with Crippen molar-refractivity contribution < 1.29 is 0 Å². The molecule has 0 saturated heterocycles. The van der Waals surface area contributed by atoms with E-state index in [2.05, 4.69) is 0 Å². The molecule has 0 heterocycles. The second-order valence-corrected chi connectivity index (χ2v) is 5.40. The van der Waals surface area contributed by atoms with Crippen molar-refractivity contribution in [3.05, 3.63) is 58.1 Å². The van der Waals surface area contributed by atoms with Crippen LogP contribution in [0, 0.1) is 0 Å². The Balaban J connectivity index is 2.47. The lowest BCUT2D eigenvalue weighted by Crippen LogP contribution is -2.50. The van der Waals surface area contributed by atoms with Crippen LogP contribution in [0.4, 0.5) is 0 Å². The molecule has 0 aromatic heterocycles. The first-order valence-electron chi connectivity index (χ1n) is 5.26. The van der Waals surface area contributed by atoms with E-state index in [1.54, 1.807) is 6.08 Å². The number of rotatable bonds is 1. The fourth-order valence-electron chi connectivity index (χ4n) is 1.83. The molecule has 1 atom stereocenters. The fraction of sp³-hybridized carbons (Fsp3) is 0.231. The molecule has 17 heavy (non-hydrogen) atoms. The van der Waals surface area contributed by atoms with Gasteiger partial charge >= 0.3 is 0 Å². The van der Waals surface area contributed by atoms with E-state index in [1.807, 2.05) is 43.3 Å². The molecule has 2 rings (SSSR count). The molecule has 0 bridgehead atoms. The highest BCUT2D eigenvalue weighted by Crippen LogP contribution is 2.36. The van der Waals surface area contributed by atoms with Crippen molar-refractivity contribution in [2.75, 3.05) is 0 Å². The van der Waals surface area contributed by atoms with Crippen LogP contribution in [0.25, 0.3) is 0 Å². The first-order valence-corrected chi connectivity index (χ1v) is 6.02. The van der Waals surface area contributed by atoms with Crippen LogP contribution in [-0.4, -0.2) is 5.66 Å². The van der Waals surface area contributed by atoms with Gasteiger partial charge in [-0.3, -0.25) is 0 Å². The Labute approximate surface area is 111 Å². The number of benzene rings is 1. The van der Waals surface area contributed by atoms with E-state index in [1.165, 1.54) is 0 Å². The van der Waals surface area contributed by atoms with E-state index < -0.39 is 5.66 Å². The van der Waals surface area contributed by atoms with Gasteiger partial charge in [0, 0.05) is 10.4 Å². The molecule has 0 fully saturated rings. The summed E-state index contributed by atoms with van der Waals surface area (Å²) in [7, 11) is 0. The van der Waals surface area contributed by atoms with E-state index in [-0.39, 0.29) is 5.41 Å². The van der Waals surface area contributed by atoms with Gasteiger partial charge in [0.2, 0.25) is 0 Å². The Morgan fingerprint density at radius 2 is 1.82 bits per heavy atom. The van der Waals surface area contributed by atoms with Gasteiger partial charge in [-0.15, -0.1) is 0 Å². The van der Waals surface area contributed by atoms with Gasteiger partial charge in [-0.25, -0.2) is 0 Å². The van der Waals surface area contributed by atoms with Gasteiger partial charge in [0.05, 0.1) is 5.03 Å². The largest absolute Gasteiger partial charge is 0.306 e. The van der Waals surface area contributed by atoms with Crippen molar-refractivity contribution in [2.45, 2.75) is 18.0 Å². The molecule has 0 aliphatic heterocycles. The van der Waals surface area contributed by atoms with Crippen molar-refractivity contribution in [1.82, 2.24) is 0 Å². The summed E-state index contributed by atoms with van der Waals surface area (Å²) in [5.41, 5.74) is 11.3. The zero-order valence-electron chi connectivity index (χ0n) is 9.45. The third-order valence-corrected chi connectivity index (χ3v) is 3.66. The zero-order chi connectivity index (χ0) is 12.7. The second kappa shape index (κ2) is 4.14. The topological polar surface area (TPSA) is 52.0 Å². The summed E-state index contributed by atoms with van der Waals surface area (Å²) < 4.78 is 0. The second-order valence-electron chi connectivity index (χ2n) is 4.55. The summed E-state index contributed by atoms with van der Waals surface area (Å²) in [6.07, 6.45) is 5.53. The summed E-state index contributed by atoms with van der Waals surface area (Å²) in [4.78, 5) is 0. The molecule has 1 unspecified atom stereocenters. The Hall–Kier alpha value is -0.800. The summed E-state index contributed by atoms with van der Waals surface area (Å²) in [5, 5.41) is 1.13. The zero-order valence-corrected chi connectivity index (χ0v) is 11.0. The molecule has 0 amide bonds. The van der Waals surface area contributed by atoms with E-state index in [9.17, 15) is 0 Å². The normalized spacial score (nSPS) is 26.8. The van der Waals surface area contributed by atoms with Crippen LogP contribution in [0.5, 0.6) is 0 Å². The predicted octanol–water partition coefficient (Wildman–Crippen LogP) is 2.90. The highest BCUT2D eigenvalue weighted by Gasteiger charge is 2.32. The first-order chi connectivity index (χ1) is 7.83. The minimum atomic E-state index is -1.07. The highest BCUT2D eigenvalue weighted by molar-refractivity contribution is 6.31. The average Bonchev–Trinajstić information content (AvgIpc) is 2.25. The number of hydrogen-bond donors (Lipinski definition) is 2. The maximum Gasteiger partial charge on any atom is 0.120 e. The van der Waals surface area contributed by atoms with Crippen molar-refractivity contribution in [3.8, 4) is 0 Å². The number of hydrogen-bond acceptors (Lipinski definition) is 2. The summed E-state index contributed by atoms with van der Waals surface area (Å²) >= 11 is 12.1. The summed E-state index contributed by atoms with van der Waals surface area (Å²) in [5.74, 6) is 0. The third kappa shape index (κ3) is 2.40. The van der Waals surface area contributed by atoms with Gasteiger partial charge in [0.25, 0.3) is 0 Å². The standard InChI is InChI=1S/C13H14Cl2N2/c1-12(9-3-2-4-10(14)7-9)5-6-13(16,17)11(15)8-12/h2-8H,16-17H2,1H3. The molecule has 4 heteroatoms. The molecule has 1 aromatic carbocycles. The van der Waals surface area contributed by atoms with E-state index in [0.717, 1.165) is 5.56 Å². The molecule has 0 spiro atoms. The Morgan fingerprint density at radius 3 is 2.41 bits per heavy atom. The number of nitrogens with two attached hydrogens (primary N) is 2. The van der Waals surface area contributed by atoms with Gasteiger partial charge in [0.15, 0.2) is 0 Å². The minimum Gasteiger partial charge on any atom is -0.306 e. The van der Waals surface area contributed by atoms with Crippen LogP contribution >= 0.6 is 23.2 Å². The molecule has 1 aromatic rings. The molecule has 4 N–H and O–H groups in total. The van der Waals surface area contributed by atoms with Crippen molar-refractivity contribution >= 4 is 23.2 Å². The van der Waals surface area contributed by atoms with Crippen LogP contribution in [-0.2, 0) is 5.41 Å². The van der Waals surface area contributed by atoms with Gasteiger partial charge < -0.3 is 11.5 Å². The monoisotopic (exact) mass is 268 g/mol. The highest BCUT2D eigenvalue weighted by atomic mass is 35.5. The van der Waals surface area contributed by atoms with Crippen molar-refractivity contribution in [2.24, 2.45) is 11.5 Å². The number of halogens is 2. The molecule has 0 saturated carbocycles. The molecule has 90 valence electrons. The van der Waals surface area contributed by atoms with Gasteiger partial charge in [-0.1, -0.05) is 47.5 Å². The number of allylic oxidation sites excluding steroid dienone is 2. The van der Waals surface area contributed by atoms with Crippen LogP contribution in [0.15, 0.2) is 47.5 Å². The maximum atomic E-state index is 6.11. The van der Waals surface area contributed by atoms with Gasteiger partial charge in [0.1, 0.15) is 5.66 Å². The van der Waals surface area contributed by atoms with Crippen LogP contribution < -0.4 is 11.5 Å². The lowest BCUT2D eigenvalue weighted by Gasteiger charge is -2.32. The van der Waals surface area contributed by atoms with Crippen molar-refractivity contribution in [3.63, 3.8) is 0 Å². The Morgan fingerprint density at radius 1 is 1.12 bits per heavy atom. The Bertz CT molecular complexity index is 506. The first kappa shape index (κ1) is 12.7. The molecule has 0 radical (unpaired) electrons. The molecule has 1 aliphatic rings. The van der Waals surface area contributed by atoms with Gasteiger partial charge in [-0.05, 0) is 30.7 Å². The molecular formula is C13H14Cl2N2. The lowest BCUT2D eigenvalue weighted by molar-refractivity contribution is 0.620. The van der Waals surface area contributed by atoms with Crippen LogP contribution in [0.2, 0.25) is 5.02 Å². The lowest BCUT2D eigenvalue weighted by atomic mass is 9.78. The van der Waals surface area contributed by atoms with Crippen LogP contribution in [0.1, 0.15) is 12.5 Å². The molecular weight excluding hydrogens is 255 g/mol. The van der Waals surface area contributed by atoms with E-state index in [0.29, 0.717) is 10.1 Å². The third-order valence-electron chi connectivity index (χ3n) is 2.99. The smallest absolute Gasteiger partial charge is 0.120 e. The van der Waals surface area contributed by atoms with Gasteiger partial charge in [-0.2, -0.15) is 0 Å². The van der Waals surface area contributed by atoms with E-state index in [4.69, 9.17) is 34.7 Å². The average molecular weight is 269 g/mol. The van der Waals surface area contributed by atoms with E-state index >= 15 is 0 Å². The van der Waals surface area contributed by atoms with Crippen molar-refractivity contribution in [1.29, 1.82) is 0 Å². The quantitative estimate of drug-likeness (QED) is 0.608.